The Hall–Kier alpha value is -1.91. The Morgan fingerprint density at radius 3 is 2.67 bits per heavy atom. The molecule has 0 aliphatic carbocycles. The van der Waals surface area contributed by atoms with Crippen molar-refractivity contribution in [2.45, 2.75) is 33.6 Å². The molecule has 2 aromatic rings. The van der Waals surface area contributed by atoms with Gasteiger partial charge < -0.3 is 5.32 Å². The molecular weight excluding hydrogens is 226 g/mol. The lowest BCUT2D eigenvalue weighted by molar-refractivity contribution is 0.844. The maximum Gasteiger partial charge on any atom is 0.146 e. The van der Waals surface area contributed by atoms with Crippen LogP contribution >= 0.6 is 0 Å². The predicted octanol–water partition coefficient (Wildman–Crippen LogP) is 2.36. The summed E-state index contributed by atoms with van der Waals surface area (Å²) in [5.74, 6) is 2.80. The second kappa shape index (κ2) is 5.62. The zero-order chi connectivity index (χ0) is 13.0. The van der Waals surface area contributed by atoms with E-state index >= 15 is 0 Å². The summed E-state index contributed by atoms with van der Waals surface area (Å²) < 4.78 is 2.01. The molecule has 5 heteroatoms. The van der Waals surface area contributed by atoms with E-state index in [0.717, 1.165) is 42.4 Å². The summed E-state index contributed by atoms with van der Waals surface area (Å²) in [6.07, 6.45) is 7.35. The number of imidazole rings is 1. The summed E-state index contributed by atoms with van der Waals surface area (Å²) in [4.78, 5) is 13.0. The van der Waals surface area contributed by atoms with Crippen LogP contribution in [0.15, 0.2) is 18.7 Å². The SMILES string of the molecule is CCCc1c(NCC)ncnc1-n1ccnc1C. The Balaban J connectivity index is 2.52. The van der Waals surface area contributed by atoms with E-state index < -0.39 is 0 Å². The number of aryl methyl sites for hydroxylation is 1. The van der Waals surface area contributed by atoms with Crippen molar-refractivity contribution in [1.29, 1.82) is 0 Å². The van der Waals surface area contributed by atoms with E-state index in [4.69, 9.17) is 0 Å². The maximum absolute atomic E-state index is 4.42. The monoisotopic (exact) mass is 245 g/mol. The lowest BCUT2D eigenvalue weighted by Crippen LogP contribution is -2.10. The lowest BCUT2D eigenvalue weighted by atomic mass is 10.1. The summed E-state index contributed by atoms with van der Waals surface area (Å²) in [5, 5.41) is 3.30. The third-order valence-corrected chi connectivity index (χ3v) is 2.82. The number of hydrogen-bond acceptors (Lipinski definition) is 4. The molecule has 0 aliphatic rings. The summed E-state index contributed by atoms with van der Waals surface area (Å²) >= 11 is 0. The van der Waals surface area contributed by atoms with E-state index in [9.17, 15) is 0 Å². The fourth-order valence-electron chi connectivity index (χ4n) is 2.01. The van der Waals surface area contributed by atoms with Gasteiger partial charge in [-0.15, -0.1) is 0 Å². The van der Waals surface area contributed by atoms with Crippen LogP contribution in [-0.4, -0.2) is 26.1 Å². The average Bonchev–Trinajstić information content (AvgIpc) is 2.78. The molecule has 1 N–H and O–H groups in total. The van der Waals surface area contributed by atoms with Crippen LogP contribution in [0.3, 0.4) is 0 Å². The van der Waals surface area contributed by atoms with Gasteiger partial charge in [0.15, 0.2) is 0 Å². The molecule has 0 aliphatic heterocycles. The van der Waals surface area contributed by atoms with Crippen molar-refractivity contribution in [2.75, 3.05) is 11.9 Å². The Morgan fingerprint density at radius 1 is 1.22 bits per heavy atom. The first-order valence-electron chi connectivity index (χ1n) is 6.36. The first-order valence-corrected chi connectivity index (χ1v) is 6.36. The summed E-state index contributed by atoms with van der Waals surface area (Å²) in [5.41, 5.74) is 1.16. The number of nitrogens with zero attached hydrogens (tertiary/aromatic N) is 4. The third-order valence-electron chi connectivity index (χ3n) is 2.82. The second-order valence-corrected chi connectivity index (χ2v) is 4.15. The van der Waals surface area contributed by atoms with Gasteiger partial charge in [0.2, 0.25) is 0 Å². The molecule has 2 heterocycles. The molecule has 0 aromatic carbocycles. The largest absolute Gasteiger partial charge is 0.370 e. The van der Waals surface area contributed by atoms with E-state index in [1.54, 1.807) is 12.5 Å². The van der Waals surface area contributed by atoms with Gasteiger partial charge in [-0.1, -0.05) is 13.3 Å². The fourth-order valence-corrected chi connectivity index (χ4v) is 2.01. The molecule has 0 spiro atoms. The highest BCUT2D eigenvalue weighted by Crippen LogP contribution is 2.21. The standard InChI is InChI=1S/C13H19N5/c1-4-6-11-12(14-5-2)16-9-17-13(11)18-8-7-15-10(18)3/h7-9H,4-6H2,1-3H3,(H,14,16,17). The number of aromatic nitrogens is 4. The van der Waals surface area contributed by atoms with Crippen molar-refractivity contribution in [3.8, 4) is 5.82 Å². The van der Waals surface area contributed by atoms with Gasteiger partial charge in [0.05, 0.1) is 0 Å². The molecule has 0 radical (unpaired) electrons. The van der Waals surface area contributed by atoms with Crippen LogP contribution in [0.1, 0.15) is 31.7 Å². The Labute approximate surface area is 107 Å². The van der Waals surface area contributed by atoms with E-state index in [1.165, 1.54) is 0 Å². The van der Waals surface area contributed by atoms with Crippen LogP contribution in [-0.2, 0) is 6.42 Å². The minimum absolute atomic E-state index is 0.857. The van der Waals surface area contributed by atoms with Gasteiger partial charge >= 0.3 is 0 Å². The van der Waals surface area contributed by atoms with Crippen molar-refractivity contribution < 1.29 is 0 Å². The average molecular weight is 245 g/mol. The number of hydrogen-bond donors (Lipinski definition) is 1. The third kappa shape index (κ3) is 2.34. The van der Waals surface area contributed by atoms with Crippen LogP contribution in [0.5, 0.6) is 0 Å². The minimum Gasteiger partial charge on any atom is -0.370 e. The van der Waals surface area contributed by atoms with E-state index in [-0.39, 0.29) is 0 Å². The smallest absolute Gasteiger partial charge is 0.146 e. The molecule has 0 amide bonds. The fraction of sp³-hybridized carbons (Fsp3) is 0.462. The van der Waals surface area contributed by atoms with Gasteiger partial charge in [-0.3, -0.25) is 4.57 Å². The van der Waals surface area contributed by atoms with E-state index in [2.05, 4.69) is 34.1 Å². The van der Waals surface area contributed by atoms with Gasteiger partial charge in [-0.25, -0.2) is 15.0 Å². The first kappa shape index (κ1) is 12.5. The lowest BCUT2D eigenvalue weighted by Gasteiger charge is -2.14. The molecule has 0 fully saturated rings. The quantitative estimate of drug-likeness (QED) is 0.878. The molecule has 0 unspecified atom stereocenters. The zero-order valence-corrected chi connectivity index (χ0v) is 11.1. The first-order chi connectivity index (χ1) is 8.77. The van der Waals surface area contributed by atoms with Gasteiger partial charge in [0.1, 0.15) is 23.8 Å². The van der Waals surface area contributed by atoms with E-state index in [1.807, 2.05) is 17.7 Å². The van der Waals surface area contributed by atoms with Crippen molar-refractivity contribution in [2.24, 2.45) is 0 Å². The van der Waals surface area contributed by atoms with Crippen LogP contribution in [0, 0.1) is 6.92 Å². The molecular formula is C13H19N5. The van der Waals surface area contributed by atoms with Crippen molar-refractivity contribution in [1.82, 2.24) is 19.5 Å². The zero-order valence-electron chi connectivity index (χ0n) is 11.1. The van der Waals surface area contributed by atoms with Gasteiger partial charge in [-0.05, 0) is 20.3 Å². The van der Waals surface area contributed by atoms with Crippen LogP contribution in [0.25, 0.3) is 5.82 Å². The Morgan fingerprint density at radius 2 is 2.06 bits per heavy atom. The maximum atomic E-state index is 4.42. The van der Waals surface area contributed by atoms with Crippen molar-refractivity contribution in [3.63, 3.8) is 0 Å². The van der Waals surface area contributed by atoms with Gasteiger partial charge in [0, 0.05) is 24.5 Å². The van der Waals surface area contributed by atoms with Gasteiger partial charge in [0.25, 0.3) is 0 Å². The second-order valence-electron chi connectivity index (χ2n) is 4.15. The van der Waals surface area contributed by atoms with Crippen LogP contribution in [0.2, 0.25) is 0 Å². The minimum atomic E-state index is 0.857. The molecule has 2 rings (SSSR count). The Kier molecular flexibility index (Phi) is 3.92. The highest BCUT2D eigenvalue weighted by atomic mass is 15.1. The van der Waals surface area contributed by atoms with E-state index in [0.29, 0.717) is 0 Å². The van der Waals surface area contributed by atoms with Crippen molar-refractivity contribution >= 4 is 5.82 Å². The predicted molar refractivity (Wildman–Crippen MR) is 72.0 cm³/mol. The number of anilines is 1. The highest BCUT2D eigenvalue weighted by Gasteiger charge is 2.13. The number of nitrogens with one attached hydrogen (secondary N) is 1. The van der Waals surface area contributed by atoms with Gasteiger partial charge in [-0.2, -0.15) is 0 Å². The number of rotatable bonds is 5. The van der Waals surface area contributed by atoms with Crippen molar-refractivity contribution in [3.05, 3.63) is 30.1 Å². The molecule has 0 bridgehead atoms. The summed E-state index contributed by atoms with van der Waals surface area (Å²) in [6.45, 7) is 7.06. The van der Waals surface area contributed by atoms with Crippen LogP contribution < -0.4 is 5.32 Å². The molecule has 0 atom stereocenters. The highest BCUT2D eigenvalue weighted by molar-refractivity contribution is 5.52. The molecule has 2 aromatic heterocycles. The molecule has 0 saturated heterocycles. The molecule has 96 valence electrons. The summed E-state index contributed by atoms with van der Waals surface area (Å²) in [6, 6.07) is 0. The molecule has 18 heavy (non-hydrogen) atoms. The normalized spacial score (nSPS) is 10.6. The summed E-state index contributed by atoms with van der Waals surface area (Å²) in [7, 11) is 0. The molecule has 5 nitrogen and oxygen atoms in total. The Bertz CT molecular complexity index is 518. The topological polar surface area (TPSA) is 55.6 Å². The molecule has 0 saturated carbocycles. The van der Waals surface area contributed by atoms with Crippen LogP contribution in [0.4, 0.5) is 5.82 Å².